The maximum absolute atomic E-state index is 13.1. The molecule has 47 heavy (non-hydrogen) atoms. The normalized spacial score (nSPS) is 38.7. The number of rotatable bonds is 6. The molecule has 0 aromatic rings. The molecule has 0 unspecified atom stereocenters. The summed E-state index contributed by atoms with van der Waals surface area (Å²) in [5.41, 5.74) is 0.703. The fourth-order valence-electron chi connectivity index (χ4n) is 7.54. The van der Waals surface area contributed by atoms with Gasteiger partial charge < -0.3 is 39.7 Å². The SMILES string of the molecule is C=C/C=C/[C@@H](O)CC(=C)C[C@H]1C[C@@H]2[C@@H](C)[C@@H](OC(=O)CCCCCCCCCC/C=C/OCC[C@H]3O[C@](O)(C[C@H](O)[C@H]3C)[C@H]2O)[C@@H]1O. The zero-order valence-corrected chi connectivity index (χ0v) is 28.8. The fraction of sp³-hybridized carbons (Fsp3) is 0.763. The van der Waals surface area contributed by atoms with Gasteiger partial charge in [0.25, 0.3) is 0 Å². The smallest absolute Gasteiger partial charge is 0.306 e. The molecule has 1 saturated heterocycles. The quantitative estimate of drug-likeness (QED) is 0.139. The number of hydrogen-bond donors (Lipinski definition) is 5. The van der Waals surface area contributed by atoms with Crippen LogP contribution in [0.25, 0.3) is 0 Å². The van der Waals surface area contributed by atoms with Crippen molar-refractivity contribution in [3.8, 4) is 0 Å². The Hall–Kier alpha value is -2.01. The first-order valence-electron chi connectivity index (χ1n) is 18.0. The van der Waals surface area contributed by atoms with Crippen molar-refractivity contribution in [3.63, 3.8) is 0 Å². The summed E-state index contributed by atoms with van der Waals surface area (Å²) < 4.78 is 17.9. The Morgan fingerprint density at radius 1 is 1.06 bits per heavy atom. The predicted octanol–water partition coefficient (Wildman–Crippen LogP) is 5.64. The summed E-state index contributed by atoms with van der Waals surface area (Å²) in [6.07, 6.45) is 13.7. The van der Waals surface area contributed by atoms with Crippen LogP contribution in [-0.2, 0) is 19.0 Å². The number of carbonyl (C=O) groups is 1. The van der Waals surface area contributed by atoms with Crippen molar-refractivity contribution in [2.75, 3.05) is 6.61 Å². The van der Waals surface area contributed by atoms with Crippen LogP contribution >= 0.6 is 0 Å². The molecule has 0 spiro atoms. The van der Waals surface area contributed by atoms with E-state index in [1.54, 1.807) is 24.5 Å². The minimum atomic E-state index is -2.05. The zero-order valence-electron chi connectivity index (χ0n) is 28.8. The molecule has 268 valence electrons. The van der Waals surface area contributed by atoms with E-state index in [0.717, 1.165) is 38.5 Å². The van der Waals surface area contributed by atoms with Gasteiger partial charge in [-0.3, -0.25) is 4.79 Å². The molecule has 0 amide bonds. The van der Waals surface area contributed by atoms with Crippen LogP contribution in [0.3, 0.4) is 0 Å². The molecule has 0 radical (unpaired) electrons. The summed E-state index contributed by atoms with van der Waals surface area (Å²) in [6, 6.07) is 0. The number of carbonyl (C=O) groups excluding carboxylic acids is 1. The van der Waals surface area contributed by atoms with Crippen molar-refractivity contribution in [2.24, 2.45) is 23.7 Å². The maximum Gasteiger partial charge on any atom is 0.306 e. The Morgan fingerprint density at radius 2 is 1.74 bits per heavy atom. The fourth-order valence-corrected chi connectivity index (χ4v) is 7.54. The van der Waals surface area contributed by atoms with Crippen molar-refractivity contribution in [3.05, 3.63) is 49.3 Å². The average molecular weight is 663 g/mol. The van der Waals surface area contributed by atoms with Gasteiger partial charge in [-0.05, 0) is 56.4 Å². The summed E-state index contributed by atoms with van der Waals surface area (Å²) in [6.45, 7) is 11.8. The highest BCUT2D eigenvalue weighted by Gasteiger charge is 2.55. The summed E-state index contributed by atoms with van der Waals surface area (Å²) in [7, 11) is 0. The van der Waals surface area contributed by atoms with E-state index < -0.39 is 66.1 Å². The lowest BCUT2D eigenvalue weighted by Crippen LogP contribution is -2.62. The largest absolute Gasteiger partial charge is 0.501 e. The van der Waals surface area contributed by atoms with Gasteiger partial charge in [-0.1, -0.05) is 89.3 Å². The van der Waals surface area contributed by atoms with Crippen LogP contribution in [-0.4, -0.2) is 80.5 Å². The first kappa shape index (κ1) is 39.4. The molecular weight excluding hydrogens is 600 g/mol. The topological polar surface area (TPSA) is 146 Å². The van der Waals surface area contributed by atoms with Gasteiger partial charge in [0.1, 0.15) is 12.2 Å². The molecule has 9 heteroatoms. The second-order valence-electron chi connectivity index (χ2n) is 14.3. The Kier molecular flexibility index (Phi) is 16.7. The summed E-state index contributed by atoms with van der Waals surface area (Å²) in [4.78, 5) is 13.1. The van der Waals surface area contributed by atoms with Gasteiger partial charge in [-0.2, -0.15) is 0 Å². The Morgan fingerprint density at radius 3 is 2.45 bits per heavy atom. The van der Waals surface area contributed by atoms with Gasteiger partial charge in [0, 0.05) is 31.1 Å². The molecule has 1 aliphatic carbocycles. The predicted molar refractivity (Wildman–Crippen MR) is 182 cm³/mol. The molecule has 0 aromatic heterocycles. The molecule has 3 aliphatic rings. The van der Waals surface area contributed by atoms with Gasteiger partial charge >= 0.3 is 5.97 Å². The number of aliphatic hydroxyl groups excluding tert-OH is 4. The van der Waals surface area contributed by atoms with Gasteiger partial charge in [-0.15, -0.1) is 0 Å². The Bertz CT molecular complexity index is 1030. The molecule has 2 heterocycles. The van der Waals surface area contributed by atoms with Crippen LogP contribution in [0.15, 0.2) is 49.3 Å². The maximum atomic E-state index is 13.1. The van der Waals surface area contributed by atoms with E-state index >= 15 is 0 Å². The number of fused-ring (bicyclic) bond motifs is 4. The third-order valence-corrected chi connectivity index (χ3v) is 10.5. The number of ether oxygens (including phenoxy) is 3. The molecule has 2 aliphatic heterocycles. The molecule has 11 atom stereocenters. The highest BCUT2D eigenvalue weighted by Crippen LogP contribution is 2.46. The zero-order chi connectivity index (χ0) is 34.4. The number of esters is 1. The van der Waals surface area contributed by atoms with Crippen molar-refractivity contribution in [1.82, 2.24) is 0 Å². The van der Waals surface area contributed by atoms with Crippen molar-refractivity contribution in [2.45, 2.75) is 153 Å². The van der Waals surface area contributed by atoms with Crippen molar-refractivity contribution >= 4 is 5.97 Å². The first-order valence-corrected chi connectivity index (χ1v) is 18.0. The molecular formula is C38H62O9. The summed E-state index contributed by atoms with van der Waals surface area (Å²) in [5.74, 6) is -4.34. The molecule has 1 saturated carbocycles. The molecule has 0 aromatic carbocycles. The summed E-state index contributed by atoms with van der Waals surface area (Å²) in [5, 5.41) is 56.6. The van der Waals surface area contributed by atoms with Crippen molar-refractivity contribution < 1.29 is 44.5 Å². The monoisotopic (exact) mass is 662 g/mol. The van der Waals surface area contributed by atoms with Crippen LogP contribution in [0.5, 0.6) is 0 Å². The van der Waals surface area contributed by atoms with Gasteiger partial charge in [0.15, 0.2) is 5.79 Å². The average Bonchev–Trinajstić information content (AvgIpc) is 3.02. The van der Waals surface area contributed by atoms with Crippen LogP contribution in [0.2, 0.25) is 0 Å². The van der Waals surface area contributed by atoms with E-state index in [9.17, 15) is 30.3 Å². The summed E-state index contributed by atoms with van der Waals surface area (Å²) >= 11 is 0. The van der Waals surface area contributed by atoms with Crippen LogP contribution in [0.1, 0.15) is 110 Å². The van der Waals surface area contributed by atoms with E-state index in [-0.39, 0.29) is 25.2 Å². The lowest BCUT2D eigenvalue weighted by atomic mass is 9.65. The van der Waals surface area contributed by atoms with E-state index in [1.807, 2.05) is 19.9 Å². The lowest BCUT2D eigenvalue weighted by Gasteiger charge is -2.51. The second-order valence-corrected chi connectivity index (χ2v) is 14.3. The molecule has 5 N–H and O–H groups in total. The minimum Gasteiger partial charge on any atom is -0.501 e. The minimum absolute atomic E-state index is 0.179. The van der Waals surface area contributed by atoms with E-state index in [4.69, 9.17) is 14.2 Å². The lowest BCUT2D eigenvalue weighted by molar-refractivity contribution is -0.337. The van der Waals surface area contributed by atoms with Gasteiger partial charge in [0.05, 0.1) is 37.3 Å². The standard InChI is InChI=1S/C38H62O9/c1-5-6-17-30(39)23-26(2)22-29-24-31-27(3)36(35(29)42)46-34(41)18-15-13-11-9-7-8-10-12-14-16-20-45-21-19-33-28(4)32(40)25-38(44,47-33)37(31)43/h5-6,16-17,20,27-33,35-37,39-40,42-44H,1-2,7-15,18-19,21-25H2,3-4H3/b17-6+,20-16+/t27-,28-,29+,30-,31-,32+,33-,35-,36-,37+,38-/m1/s1. The highest BCUT2D eigenvalue weighted by molar-refractivity contribution is 5.69. The number of aliphatic hydroxyl groups is 5. The van der Waals surface area contributed by atoms with Gasteiger partial charge in [-0.25, -0.2) is 0 Å². The van der Waals surface area contributed by atoms with E-state index in [0.29, 0.717) is 37.9 Å². The van der Waals surface area contributed by atoms with Crippen LogP contribution in [0.4, 0.5) is 0 Å². The second kappa shape index (κ2) is 19.9. The molecule has 3 rings (SSSR count). The van der Waals surface area contributed by atoms with E-state index in [1.165, 1.54) is 12.8 Å². The molecule has 9 nitrogen and oxygen atoms in total. The molecule has 4 bridgehead atoms. The van der Waals surface area contributed by atoms with Gasteiger partial charge in [0.2, 0.25) is 0 Å². The first-order chi connectivity index (χ1) is 22.5. The van der Waals surface area contributed by atoms with Crippen LogP contribution in [0, 0.1) is 23.7 Å². The third kappa shape index (κ3) is 12.1. The number of allylic oxidation sites excluding steroid dienone is 3. The van der Waals surface area contributed by atoms with E-state index in [2.05, 4.69) is 13.2 Å². The number of hydrogen-bond acceptors (Lipinski definition) is 9. The highest BCUT2D eigenvalue weighted by atomic mass is 16.6. The van der Waals surface area contributed by atoms with Crippen molar-refractivity contribution in [1.29, 1.82) is 0 Å². The molecule has 2 fully saturated rings. The third-order valence-electron chi connectivity index (χ3n) is 10.5. The Labute approximate surface area is 282 Å². The van der Waals surface area contributed by atoms with Crippen LogP contribution < -0.4 is 0 Å². The Balaban J connectivity index is 1.83.